The van der Waals surface area contributed by atoms with Crippen LogP contribution in [0.5, 0.6) is 11.5 Å². The number of ether oxygens (including phenoxy) is 2. The number of anilines is 1. The predicted octanol–water partition coefficient (Wildman–Crippen LogP) is 4.58. The van der Waals surface area contributed by atoms with Crippen LogP contribution in [0.15, 0.2) is 42.5 Å². The molecule has 0 aliphatic heterocycles. The smallest absolute Gasteiger partial charge is 0.251 e. The second-order valence-corrected chi connectivity index (χ2v) is 7.61. The van der Waals surface area contributed by atoms with Crippen molar-refractivity contribution in [1.82, 2.24) is 5.32 Å². The van der Waals surface area contributed by atoms with Gasteiger partial charge in [0.05, 0.1) is 19.4 Å². The van der Waals surface area contributed by atoms with Crippen molar-refractivity contribution < 1.29 is 19.1 Å². The lowest BCUT2D eigenvalue weighted by atomic mass is 10.0. The summed E-state index contributed by atoms with van der Waals surface area (Å²) in [7, 11) is 1.57. The van der Waals surface area contributed by atoms with Gasteiger partial charge >= 0.3 is 0 Å². The highest BCUT2D eigenvalue weighted by molar-refractivity contribution is 6.02. The van der Waals surface area contributed by atoms with Gasteiger partial charge in [0.25, 0.3) is 5.91 Å². The molecule has 2 N–H and O–H groups in total. The van der Waals surface area contributed by atoms with Gasteiger partial charge in [0.15, 0.2) is 0 Å². The van der Waals surface area contributed by atoms with Crippen LogP contribution in [-0.2, 0) is 4.79 Å². The van der Waals surface area contributed by atoms with E-state index in [4.69, 9.17) is 9.47 Å². The van der Waals surface area contributed by atoms with E-state index in [1.54, 1.807) is 37.4 Å². The van der Waals surface area contributed by atoms with Crippen LogP contribution < -0.4 is 20.1 Å². The number of carbonyl (C=O) groups excluding carboxylic acids is 2. The Morgan fingerprint density at radius 1 is 1.07 bits per heavy atom. The van der Waals surface area contributed by atoms with Gasteiger partial charge in [0.2, 0.25) is 5.91 Å². The molecule has 0 saturated carbocycles. The first-order valence-corrected chi connectivity index (χ1v) is 10.3. The lowest BCUT2D eigenvalue weighted by Gasteiger charge is -2.23. The van der Waals surface area contributed by atoms with Crippen molar-refractivity contribution in [2.75, 3.05) is 19.0 Å². The molecule has 0 bridgehead atoms. The van der Waals surface area contributed by atoms with Crippen LogP contribution in [-0.4, -0.2) is 31.6 Å². The van der Waals surface area contributed by atoms with Crippen LogP contribution >= 0.6 is 0 Å². The molecule has 0 radical (unpaired) electrons. The molecule has 0 heterocycles. The number of unbranched alkanes of at least 4 members (excludes halogenated alkanes) is 1. The summed E-state index contributed by atoms with van der Waals surface area (Å²) >= 11 is 0. The minimum absolute atomic E-state index is 0.102. The van der Waals surface area contributed by atoms with Gasteiger partial charge in [0, 0.05) is 11.6 Å². The van der Waals surface area contributed by atoms with Crippen molar-refractivity contribution in [3.63, 3.8) is 0 Å². The first kappa shape index (κ1) is 23.3. The number of hydrogen-bond acceptors (Lipinski definition) is 4. The van der Waals surface area contributed by atoms with Crippen molar-refractivity contribution in [3.8, 4) is 11.5 Å². The number of rotatable bonds is 10. The third-order valence-corrected chi connectivity index (χ3v) is 4.75. The third kappa shape index (κ3) is 6.51. The van der Waals surface area contributed by atoms with E-state index in [0.717, 1.165) is 18.4 Å². The molecule has 6 heteroatoms. The van der Waals surface area contributed by atoms with Crippen LogP contribution in [0.3, 0.4) is 0 Å². The van der Waals surface area contributed by atoms with Crippen molar-refractivity contribution in [3.05, 3.63) is 53.6 Å². The quantitative estimate of drug-likeness (QED) is 0.560. The average molecular weight is 413 g/mol. The fourth-order valence-electron chi connectivity index (χ4n) is 2.86. The zero-order valence-electron chi connectivity index (χ0n) is 18.5. The Labute approximate surface area is 179 Å². The van der Waals surface area contributed by atoms with Gasteiger partial charge in [-0.05, 0) is 43.5 Å². The molecule has 2 amide bonds. The minimum Gasteiger partial charge on any atom is -0.497 e. The largest absolute Gasteiger partial charge is 0.497 e. The maximum atomic E-state index is 13.0. The Bertz CT molecular complexity index is 847. The molecule has 2 aromatic rings. The number of hydrogen-bond donors (Lipinski definition) is 2. The maximum absolute atomic E-state index is 13.0. The van der Waals surface area contributed by atoms with E-state index in [1.807, 2.05) is 32.9 Å². The summed E-state index contributed by atoms with van der Waals surface area (Å²) in [5, 5.41) is 5.75. The van der Waals surface area contributed by atoms with Crippen LogP contribution in [0.25, 0.3) is 0 Å². The molecular weight excluding hydrogens is 380 g/mol. The first-order valence-electron chi connectivity index (χ1n) is 10.3. The molecule has 30 heavy (non-hydrogen) atoms. The van der Waals surface area contributed by atoms with Crippen LogP contribution in [0, 0.1) is 12.8 Å². The van der Waals surface area contributed by atoms with Gasteiger partial charge in [-0.1, -0.05) is 44.9 Å². The summed E-state index contributed by atoms with van der Waals surface area (Å²) in [5.41, 5.74) is 2.10. The monoisotopic (exact) mass is 412 g/mol. The van der Waals surface area contributed by atoms with Crippen molar-refractivity contribution in [1.29, 1.82) is 0 Å². The molecule has 0 aliphatic rings. The number of amides is 2. The minimum atomic E-state index is -0.700. The second-order valence-electron chi connectivity index (χ2n) is 7.61. The molecule has 1 unspecified atom stereocenters. The lowest BCUT2D eigenvalue weighted by Crippen LogP contribution is -2.47. The van der Waals surface area contributed by atoms with E-state index >= 15 is 0 Å². The molecular formula is C24H32N2O4. The molecule has 6 nitrogen and oxygen atoms in total. The first-order chi connectivity index (χ1) is 14.3. The molecule has 0 spiro atoms. The zero-order chi connectivity index (χ0) is 22.1. The number of benzene rings is 2. The van der Waals surface area contributed by atoms with E-state index in [1.165, 1.54) is 0 Å². The molecule has 162 valence electrons. The van der Waals surface area contributed by atoms with E-state index in [-0.39, 0.29) is 17.7 Å². The van der Waals surface area contributed by atoms with E-state index in [9.17, 15) is 9.59 Å². The number of methoxy groups -OCH3 is 1. The standard InChI is InChI=1S/C24H32N2O4/c1-6-7-14-30-21-13-12-19(29-5)15-20(21)25-24(28)22(16(2)3)26-23(27)18-10-8-17(4)9-11-18/h8-13,15-16,22H,6-7,14H2,1-5H3,(H,25,28)(H,26,27). The SMILES string of the molecule is CCCCOc1ccc(OC)cc1NC(=O)C(NC(=O)c1ccc(C)cc1)C(C)C. The maximum Gasteiger partial charge on any atom is 0.251 e. The molecule has 1 atom stereocenters. The number of aryl methyl sites for hydroxylation is 1. The highest BCUT2D eigenvalue weighted by Crippen LogP contribution is 2.30. The van der Waals surface area contributed by atoms with Gasteiger partial charge in [-0.3, -0.25) is 9.59 Å². The summed E-state index contributed by atoms with van der Waals surface area (Å²) in [5.74, 6) is 0.491. The van der Waals surface area contributed by atoms with E-state index in [0.29, 0.717) is 29.4 Å². The van der Waals surface area contributed by atoms with Gasteiger partial charge in [-0.15, -0.1) is 0 Å². The third-order valence-electron chi connectivity index (χ3n) is 4.75. The van der Waals surface area contributed by atoms with E-state index < -0.39 is 6.04 Å². The fourth-order valence-corrected chi connectivity index (χ4v) is 2.86. The zero-order valence-corrected chi connectivity index (χ0v) is 18.5. The Morgan fingerprint density at radius 2 is 1.77 bits per heavy atom. The predicted molar refractivity (Wildman–Crippen MR) is 119 cm³/mol. The topological polar surface area (TPSA) is 76.7 Å². The Kier molecular flexibility index (Phi) is 8.71. The highest BCUT2D eigenvalue weighted by Gasteiger charge is 2.25. The highest BCUT2D eigenvalue weighted by atomic mass is 16.5. The molecule has 2 aromatic carbocycles. The number of carbonyl (C=O) groups is 2. The Balaban J connectivity index is 2.17. The molecule has 0 aliphatic carbocycles. The molecule has 0 saturated heterocycles. The second kappa shape index (κ2) is 11.2. The van der Waals surface area contributed by atoms with Gasteiger partial charge in [-0.25, -0.2) is 0 Å². The van der Waals surface area contributed by atoms with Crippen molar-refractivity contribution in [2.24, 2.45) is 5.92 Å². The average Bonchev–Trinajstić information content (AvgIpc) is 2.73. The van der Waals surface area contributed by atoms with Crippen LogP contribution in [0.4, 0.5) is 5.69 Å². The fraction of sp³-hybridized carbons (Fsp3) is 0.417. The summed E-state index contributed by atoms with van der Waals surface area (Å²) in [6, 6.07) is 11.8. The lowest BCUT2D eigenvalue weighted by molar-refractivity contribution is -0.118. The van der Waals surface area contributed by atoms with Gasteiger partial charge < -0.3 is 20.1 Å². The summed E-state index contributed by atoms with van der Waals surface area (Å²) in [4.78, 5) is 25.7. The van der Waals surface area contributed by atoms with Crippen molar-refractivity contribution in [2.45, 2.75) is 46.6 Å². The molecule has 0 fully saturated rings. The molecule has 2 rings (SSSR count). The van der Waals surface area contributed by atoms with Crippen LogP contribution in [0.1, 0.15) is 49.5 Å². The normalized spacial score (nSPS) is 11.7. The Morgan fingerprint density at radius 3 is 2.37 bits per heavy atom. The molecule has 0 aromatic heterocycles. The van der Waals surface area contributed by atoms with E-state index in [2.05, 4.69) is 17.6 Å². The van der Waals surface area contributed by atoms with Crippen LogP contribution in [0.2, 0.25) is 0 Å². The van der Waals surface area contributed by atoms with Crippen molar-refractivity contribution >= 4 is 17.5 Å². The summed E-state index contributed by atoms with van der Waals surface area (Å²) < 4.78 is 11.1. The Hall–Kier alpha value is -3.02. The van der Waals surface area contributed by atoms with Gasteiger partial charge in [0.1, 0.15) is 17.5 Å². The van der Waals surface area contributed by atoms with Gasteiger partial charge in [-0.2, -0.15) is 0 Å². The summed E-state index contributed by atoms with van der Waals surface area (Å²) in [6.07, 6.45) is 1.93. The number of nitrogens with one attached hydrogen (secondary N) is 2. The summed E-state index contributed by atoms with van der Waals surface area (Å²) in [6.45, 7) is 8.39.